The maximum absolute atomic E-state index is 13.2. The van der Waals surface area contributed by atoms with E-state index in [-0.39, 0.29) is 0 Å². The van der Waals surface area contributed by atoms with Gasteiger partial charge in [-0.1, -0.05) is 26.0 Å². The summed E-state index contributed by atoms with van der Waals surface area (Å²) in [6, 6.07) is 7.60. The molecule has 1 atom stereocenters. The lowest BCUT2D eigenvalue weighted by Crippen LogP contribution is -2.64. The van der Waals surface area contributed by atoms with Gasteiger partial charge in [0.2, 0.25) is 10.0 Å². The largest absolute Gasteiger partial charge is 0.295 e. The van der Waals surface area contributed by atoms with E-state index in [9.17, 15) is 8.42 Å². The van der Waals surface area contributed by atoms with Crippen LogP contribution in [0.4, 0.5) is 0 Å². The van der Waals surface area contributed by atoms with Crippen molar-refractivity contribution < 1.29 is 8.42 Å². The van der Waals surface area contributed by atoms with Crippen molar-refractivity contribution >= 4 is 10.0 Å². The quantitative estimate of drug-likeness (QED) is 0.711. The van der Waals surface area contributed by atoms with Crippen LogP contribution in [0, 0.1) is 17.8 Å². The Bertz CT molecular complexity index is 805. The Morgan fingerprint density at radius 1 is 0.931 bits per heavy atom. The highest BCUT2D eigenvalue weighted by Gasteiger charge is 2.53. The minimum atomic E-state index is -3.38. The summed E-state index contributed by atoms with van der Waals surface area (Å²) in [5.41, 5.74) is 1.61. The minimum absolute atomic E-state index is 0.391. The summed E-state index contributed by atoms with van der Waals surface area (Å²) in [7, 11) is -3.38. The molecular weight excluding hydrogens is 380 g/mol. The van der Waals surface area contributed by atoms with Crippen molar-refractivity contribution in [3.63, 3.8) is 0 Å². The molecule has 1 heterocycles. The van der Waals surface area contributed by atoms with Gasteiger partial charge in [-0.05, 0) is 86.3 Å². The van der Waals surface area contributed by atoms with E-state index in [1.54, 1.807) is 4.31 Å². The number of piperazine rings is 1. The molecule has 0 spiro atoms. The third-order valence-electron chi connectivity index (χ3n) is 8.61. The fraction of sp³-hybridized carbons (Fsp3) is 0.750. The third-order valence-corrected chi connectivity index (χ3v) is 10.5. The smallest absolute Gasteiger partial charge is 0.243 e. The molecule has 4 aliphatic carbocycles. The molecule has 0 amide bonds. The van der Waals surface area contributed by atoms with Crippen LogP contribution < -0.4 is 0 Å². The standard InChI is InChI=1S/C24H36N2O2S/c1-3-18(2)22-4-6-23(7-5-22)29(27,28)26-10-8-25(9-11-26)24-15-19-12-20(16-24)14-21(13-19)17-24/h4-7,18-21H,3,8-17H2,1-2H3. The summed E-state index contributed by atoms with van der Waals surface area (Å²) in [4.78, 5) is 3.14. The van der Waals surface area contributed by atoms with E-state index < -0.39 is 10.0 Å². The molecular formula is C24H36N2O2S. The van der Waals surface area contributed by atoms with Gasteiger partial charge < -0.3 is 0 Å². The van der Waals surface area contributed by atoms with Gasteiger partial charge in [-0.15, -0.1) is 0 Å². The van der Waals surface area contributed by atoms with E-state index in [2.05, 4.69) is 18.7 Å². The first kappa shape index (κ1) is 20.0. The van der Waals surface area contributed by atoms with E-state index in [0.717, 1.165) is 37.3 Å². The van der Waals surface area contributed by atoms with Crippen molar-refractivity contribution in [1.29, 1.82) is 0 Å². The van der Waals surface area contributed by atoms with Gasteiger partial charge in [0.1, 0.15) is 0 Å². The molecule has 1 aliphatic heterocycles. The molecule has 5 fully saturated rings. The number of hydrogen-bond acceptors (Lipinski definition) is 3. The normalized spacial score (nSPS) is 36.4. The van der Waals surface area contributed by atoms with Gasteiger partial charge in [0.25, 0.3) is 0 Å². The van der Waals surface area contributed by atoms with Crippen LogP contribution in [0.15, 0.2) is 29.2 Å². The van der Waals surface area contributed by atoms with Gasteiger partial charge in [0, 0.05) is 31.7 Å². The van der Waals surface area contributed by atoms with Gasteiger partial charge in [-0.25, -0.2) is 8.42 Å². The average Bonchev–Trinajstić information content (AvgIpc) is 2.72. The van der Waals surface area contributed by atoms with Gasteiger partial charge in [-0.3, -0.25) is 4.90 Å². The number of rotatable bonds is 5. The van der Waals surface area contributed by atoms with E-state index in [1.807, 2.05) is 24.3 Å². The van der Waals surface area contributed by atoms with Crippen molar-refractivity contribution in [2.24, 2.45) is 17.8 Å². The van der Waals surface area contributed by atoms with E-state index in [4.69, 9.17) is 0 Å². The predicted molar refractivity (Wildman–Crippen MR) is 116 cm³/mol. The SMILES string of the molecule is CCC(C)c1ccc(S(=O)(=O)N2CCN(C34CC5CC(CC(C5)C3)C4)CC2)cc1. The lowest BCUT2D eigenvalue weighted by Gasteiger charge is -2.61. The third kappa shape index (κ3) is 3.47. The summed E-state index contributed by atoms with van der Waals surface area (Å²) in [6.07, 6.45) is 9.54. The fourth-order valence-corrected chi connectivity index (χ4v) is 8.63. The summed E-state index contributed by atoms with van der Waals surface area (Å²) in [5, 5.41) is 0. The van der Waals surface area contributed by atoms with Crippen LogP contribution in [0.5, 0.6) is 0 Å². The number of sulfonamides is 1. The Hall–Kier alpha value is -0.910. The predicted octanol–water partition coefficient (Wildman–Crippen LogP) is 4.48. The molecule has 0 radical (unpaired) electrons. The first-order chi connectivity index (χ1) is 13.9. The molecule has 29 heavy (non-hydrogen) atoms. The Morgan fingerprint density at radius 3 is 1.93 bits per heavy atom. The molecule has 5 aliphatic rings. The molecule has 1 aromatic carbocycles. The zero-order chi connectivity index (χ0) is 20.2. The van der Waals surface area contributed by atoms with E-state index in [1.165, 1.54) is 44.1 Å². The Balaban J connectivity index is 1.27. The fourth-order valence-electron chi connectivity index (χ4n) is 7.21. The first-order valence-corrected chi connectivity index (χ1v) is 13.2. The van der Waals surface area contributed by atoms with Gasteiger partial charge in [0.05, 0.1) is 4.90 Å². The van der Waals surface area contributed by atoms with Crippen LogP contribution in [0.2, 0.25) is 0 Å². The lowest BCUT2D eigenvalue weighted by molar-refractivity contribution is -0.0964. The van der Waals surface area contributed by atoms with Gasteiger partial charge in [-0.2, -0.15) is 4.31 Å². The Labute approximate surface area is 176 Å². The highest BCUT2D eigenvalue weighted by atomic mass is 32.2. The van der Waals surface area contributed by atoms with E-state index >= 15 is 0 Å². The molecule has 0 aromatic heterocycles. The molecule has 4 bridgehead atoms. The average molecular weight is 417 g/mol. The lowest BCUT2D eigenvalue weighted by atomic mass is 9.52. The second-order valence-electron chi connectivity index (χ2n) is 10.4. The van der Waals surface area contributed by atoms with Crippen molar-refractivity contribution in [1.82, 2.24) is 9.21 Å². The summed E-state index contributed by atoms with van der Waals surface area (Å²) >= 11 is 0. The second-order valence-corrected chi connectivity index (χ2v) is 12.3. The highest BCUT2D eigenvalue weighted by Crippen LogP contribution is 2.57. The van der Waals surface area contributed by atoms with Crippen LogP contribution in [0.1, 0.15) is 70.3 Å². The zero-order valence-corrected chi connectivity index (χ0v) is 18.8. The van der Waals surface area contributed by atoms with Gasteiger partial charge in [0.15, 0.2) is 0 Å². The van der Waals surface area contributed by atoms with Crippen LogP contribution in [-0.4, -0.2) is 49.3 Å². The maximum Gasteiger partial charge on any atom is 0.243 e. The first-order valence-electron chi connectivity index (χ1n) is 11.7. The number of nitrogens with zero attached hydrogens (tertiary/aromatic N) is 2. The van der Waals surface area contributed by atoms with Crippen LogP contribution in [0.25, 0.3) is 0 Å². The second kappa shape index (κ2) is 7.35. The monoisotopic (exact) mass is 416 g/mol. The van der Waals surface area contributed by atoms with Crippen molar-refractivity contribution in [3.8, 4) is 0 Å². The Morgan fingerprint density at radius 2 is 1.45 bits per heavy atom. The number of benzene rings is 1. The van der Waals surface area contributed by atoms with Gasteiger partial charge >= 0.3 is 0 Å². The molecule has 1 unspecified atom stereocenters. The molecule has 1 aromatic rings. The topological polar surface area (TPSA) is 40.6 Å². The molecule has 6 rings (SSSR count). The van der Waals surface area contributed by atoms with Crippen LogP contribution in [-0.2, 0) is 10.0 Å². The van der Waals surface area contributed by atoms with E-state index in [0.29, 0.717) is 29.4 Å². The molecule has 1 saturated heterocycles. The van der Waals surface area contributed by atoms with Crippen molar-refractivity contribution in [2.45, 2.75) is 75.1 Å². The Kier molecular flexibility index (Phi) is 5.07. The van der Waals surface area contributed by atoms with Crippen molar-refractivity contribution in [2.75, 3.05) is 26.2 Å². The van der Waals surface area contributed by atoms with Crippen LogP contribution in [0.3, 0.4) is 0 Å². The highest BCUT2D eigenvalue weighted by molar-refractivity contribution is 7.89. The molecule has 4 saturated carbocycles. The minimum Gasteiger partial charge on any atom is -0.295 e. The zero-order valence-electron chi connectivity index (χ0n) is 18.0. The summed E-state index contributed by atoms with van der Waals surface area (Å²) < 4.78 is 28.1. The summed E-state index contributed by atoms with van der Waals surface area (Å²) in [5.74, 6) is 3.28. The molecule has 0 N–H and O–H groups in total. The maximum atomic E-state index is 13.2. The molecule has 160 valence electrons. The van der Waals surface area contributed by atoms with Crippen LogP contribution >= 0.6 is 0 Å². The molecule has 5 heteroatoms. The molecule has 4 nitrogen and oxygen atoms in total. The van der Waals surface area contributed by atoms with Crippen molar-refractivity contribution in [3.05, 3.63) is 29.8 Å². The number of hydrogen-bond donors (Lipinski definition) is 0. The summed E-state index contributed by atoms with van der Waals surface area (Å²) in [6.45, 7) is 7.42.